The number of ketones is 2. The van der Waals surface area contributed by atoms with E-state index in [2.05, 4.69) is 135 Å². The van der Waals surface area contributed by atoms with E-state index >= 15 is 0 Å². The smallest absolute Gasteiger partial charge is 0.145 e. The van der Waals surface area contributed by atoms with Crippen LogP contribution in [0, 0.1) is 50.7 Å². The van der Waals surface area contributed by atoms with E-state index in [4.69, 9.17) is 0 Å². The van der Waals surface area contributed by atoms with Gasteiger partial charge in [-0.05, 0) is 45.8 Å². The number of pyridine rings is 2. The van der Waals surface area contributed by atoms with Crippen molar-refractivity contribution in [3.8, 4) is 44.8 Å². The number of benzene rings is 4. The molecule has 0 spiro atoms. The maximum absolute atomic E-state index is 11.5. The quantitative estimate of drug-likeness (QED) is 0.123. The Morgan fingerprint density at radius 2 is 0.852 bits per heavy atom. The van der Waals surface area contributed by atoms with Crippen LogP contribution in [0.2, 0.25) is 0 Å². The number of nitrogens with zero attached hydrogens (tertiary/aromatic N) is 2. The molecule has 1 radical (unpaired) electrons. The van der Waals surface area contributed by atoms with E-state index in [1.165, 1.54) is 33.4 Å². The molecule has 0 amide bonds. The zero-order valence-corrected chi connectivity index (χ0v) is 35.7. The zero-order chi connectivity index (χ0) is 38.8. The molecule has 0 fully saturated rings. The number of carbonyl (C=O) groups is 2. The SMILES string of the molecule is CC(C)(C)C(=O)CC(=O)C(C)(C)C.Cc1[c-]c(-c2cc(-c3ccccc3)ccn2)cc(C)c1.Cc1[c-]c(-c2cc(-c3ccccc3)ccn2)cc(C)c1.[Ir]. The number of Topliss-reactive ketones (excluding diaryl/α,β-unsaturated/α-hetero) is 2. The maximum atomic E-state index is 11.5. The molecular formula is C49H52IrN2O2-2. The molecule has 6 aromatic rings. The minimum atomic E-state index is -0.402. The van der Waals surface area contributed by atoms with E-state index < -0.39 is 10.8 Å². The van der Waals surface area contributed by atoms with Crippen molar-refractivity contribution in [2.45, 2.75) is 75.7 Å². The van der Waals surface area contributed by atoms with Gasteiger partial charge < -0.3 is 9.97 Å². The van der Waals surface area contributed by atoms with Crippen LogP contribution in [-0.2, 0) is 29.7 Å². The molecule has 5 heteroatoms. The van der Waals surface area contributed by atoms with E-state index in [1.807, 2.05) is 78.2 Å². The van der Waals surface area contributed by atoms with Crippen LogP contribution >= 0.6 is 0 Å². The van der Waals surface area contributed by atoms with Crippen LogP contribution in [0.1, 0.15) is 70.2 Å². The number of aryl methyl sites for hydroxylation is 4. The Morgan fingerprint density at radius 1 is 0.500 bits per heavy atom. The van der Waals surface area contributed by atoms with Crippen molar-refractivity contribution < 1.29 is 29.7 Å². The fourth-order valence-corrected chi connectivity index (χ4v) is 5.52. The summed E-state index contributed by atoms with van der Waals surface area (Å²) in [4.78, 5) is 32.0. The first-order chi connectivity index (χ1) is 25.0. The van der Waals surface area contributed by atoms with E-state index in [0.29, 0.717) is 0 Å². The Kier molecular flexibility index (Phi) is 15.7. The molecule has 0 saturated carbocycles. The minimum Gasteiger partial charge on any atom is -0.305 e. The first kappa shape index (κ1) is 43.6. The van der Waals surface area contributed by atoms with Crippen molar-refractivity contribution in [3.05, 3.63) is 156 Å². The second kappa shape index (κ2) is 19.5. The average molecular weight is 893 g/mol. The Bertz CT molecular complexity index is 1950. The van der Waals surface area contributed by atoms with Gasteiger partial charge in [0.25, 0.3) is 0 Å². The summed E-state index contributed by atoms with van der Waals surface area (Å²) in [5.74, 6) is 0.0415. The first-order valence-electron chi connectivity index (χ1n) is 18.1. The Morgan fingerprint density at radius 3 is 1.17 bits per heavy atom. The van der Waals surface area contributed by atoms with Crippen LogP contribution in [-0.4, -0.2) is 21.5 Å². The number of hydrogen-bond acceptors (Lipinski definition) is 4. The molecule has 4 nitrogen and oxygen atoms in total. The van der Waals surface area contributed by atoms with Gasteiger partial charge in [0, 0.05) is 43.3 Å². The van der Waals surface area contributed by atoms with E-state index in [9.17, 15) is 9.59 Å². The average Bonchev–Trinajstić information content (AvgIpc) is 3.11. The summed E-state index contributed by atoms with van der Waals surface area (Å²) < 4.78 is 0. The molecule has 0 saturated heterocycles. The number of aromatic nitrogens is 2. The van der Waals surface area contributed by atoms with Gasteiger partial charge in [0.1, 0.15) is 11.6 Å². The molecule has 2 heterocycles. The Hall–Kier alpha value is -4.83. The van der Waals surface area contributed by atoms with Crippen LogP contribution < -0.4 is 0 Å². The standard InChI is InChI=1S/2C19H16N.C11H20O2.Ir/c2*1-14-10-15(2)12-18(11-14)19-13-17(8-9-20-19)16-6-4-3-5-7-16;1-10(2,3)8(12)7-9(13)11(4,5)6;/h2*3-11,13H,1-2H3;7H2,1-6H3;/q2*-1;;. The van der Waals surface area contributed by atoms with Crippen molar-refractivity contribution in [1.82, 2.24) is 9.97 Å². The van der Waals surface area contributed by atoms with Gasteiger partial charge in [-0.15, -0.1) is 69.8 Å². The van der Waals surface area contributed by atoms with Gasteiger partial charge in [-0.2, -0.15) is 0 Å². The fourth-order valence-electron chi connectivity index (χ4n) is 5.52. The Balaban J connectivity index is 0.000000222. The third-order valence-corrected chi connectivity index (χ3v) is 8.58. The van der Waals surface area contributed by atoms with Crippen molar-refractivity contribution in [2.24, 2.45) is 10.8 Å². The third-order valence-electron chi connectivity index (χ3n) is 8.58. The predicted octanol–water partition coefficient (Wildman–Crippen LogP) is 12.3. The second-order valence-electron chi connectivity index (χ2n) is 15.6. The van der Waals surface area contributed by atoms with E-state index in [1.54, 1.807) is 0 Å². The summed E-state index contributed by atoms with van der Waals surface area (Å²) in [6.45, 7) is 19.4. The number of carbonyl (C=O) groups excluding carboxylic acids is 2. The van der Waals surface area contributed by atoms with Crippen molar-refractivity contribution >= 4 is 11.6 Å². The normalized spacial score (nSPS) is 10.9. The van der Waals surface area contributed by atoms with Gasteiger partial charge in [-0.25, -0.2) is 0 Å². The first-order valence-corrected chi connectivity index (χ1v) is 18.1. The molecule has 0 N–H and O–H groups in total. The van der Waals surface area contributed by atoms with Gasteiger partial charge in [0.05, 0.1) is 6.42 Å². The summed E-state index contributed by atoms with van der Waals surface area (Å²) in [5, 5.41) is 0. The molecule has 0 unspecified atom stereocenters. The summed E-state index contributed by atoms with van der Waals surface area (Å²) in [6, 6.07) is 44.4. The largest absolute Gasteiger partial charge is 0.305 e. The third kappa shape index (κ3) is 13.2. The predicted molar refractivity (Wildman–Crippen MR) is 220 cm³/mol. The van der Waals surface area contributed by atoms with E-state index in [0.717, 1.165) is 33.6 Å². The zero-order valence-electron chi connectivity index (χ0n) is 33.3. The van der Waals surface area contributed by atoms with Gasteiger partial charge in [-0.1, -0.05) is 142 Å². The topological polar surface area (TPSA) is 59.9 Å². The number of hydrogen-bond donors (Lipinski definition) is 0. The van der Waals surface area contributed by atoms with Crippen LogP contribution in [0.4, 0.5) is 0 Å². The van der Waals surface area contributed by atoms with Crippen molar-refractivity contribution in [2.75, 3.05) is 0 Å². The molecule has 0 bridgehead atoms. The van der Waals surface area contributed by atoms with Crippen LogP contribution in [0.15, 0.2) is 122 Å². The summed E-state index contributed by atoms with van der Waals surface area (Å²) in [7, 11) is 0. The van der Waals surface area contributed by atoms with Gasteiger partial charge in [-0.3, -0.25) is 9.59 Å². The molecule has 0 aliphatic heterocycles. The molecule has 281 valence electrons. The number of rotatable bonds is 6. The maximum Gasteiger partial charge on any atom is 0.145 e. The molecule has 2 aromatic heterocycles. The Labute approximate surface area is 336 Å². The van der Waals surface area contributed by atoms with Crippen molar-refractivity contribution in [1.29, 1.82) is 0 Å². The summed E-state index contributed by atoms with van der Waals surface area (Å²) in [6.07, 6.45) is 3.79. The molecule has 0 atom stereocenters. The minimum absolute atomic E-state index is 0. The van der Waals surface area contributed by atoms with Gasteiger partial charge in [0.15, 0.2) is 0 Å². The molecule has 0 aliphatic carbocycles. The summed E-state index contributed by atoms with van der Waals surface area (Å²) in [5.41, 5.74) is 12.8. The molecule has 6 rings (SSSR count). The monoisotopic (exact) mass is 893 g/mol. The van der Waals surface area contributed by atoms with Crippen LogP contribution in [0.25, 0.3) is 44.8 Å². The molecule has 4 aromatic carbocycles. The van der Waals surface area contributed by atoms with Crippen LogP contribution in [0.3, 0.4) is 0 Å². The molecular weight excluding hydrogens is 841 g/mol. The van der Waals surface area contributed by atoms with E-state index in [-0.39, 0.29) is 38.1 Å². The fraction of sp³-hybridized carbons (Fsp3) is 0.265. The molecule has 0 aliphatic rings. The summed E-state index contributed by atoms with van der Waals surface area (Å²) >= 11 is 0. The second-order valence-corrected chi connectivity index (χ2v) is 15.6. The molecule has 54 heavy (non-hydrogen) atoms. The van der Waals surface area contributed by atoms with Crippen molar-refractivity contribution in [3.63, 3.8) is 0 Å². The van der Waals surface area contributed by atoms with Gasteiger partial charge in [0.2, 0.25) is 0 Å². The van der Waals surface area contributed by atoms with Crippen LogP contribution in [0.5, 0.6) is 0 Å². The van der Waals surface area contributed by atoms with Gasteiger partial charge >= 0.3 is 0 Å².